The van der Waals surface area contributed by atoms with E-state index >= 15 is 0 Å². The van der Waals surface area contributed by atoms with Gasteiger partial charge >= 0.3 is 5.97 Å². The Morgan fingerprint density at radius 1 is 1.12 bits per heavy atom. The zero-order valence-electron chi connectivity index (χ0n) is 19.5. The summed E-state index contributed by atoms with van der Waals surface area (Å²) in [5.74, 6) is 1.79. The first-order chi connectivity index (χ1) is 16.6. The molecule has 1 atom stereocenters. The molecule has 1 aromatic heterocycles. The summed E-state index contributed by atoms with van der Waals surface area (Å²) in [5.41, 5.74) is 4.27. The van der Waals surface area contributed by atoms with E-state index in [4.69, 9.17) is 14.6 Å². The lowest BCUT2D eigenvalue weighted by Crippen LogP contribution is -2.18. The Hall–Kier alpha value is -3.45. The van der Waals surface area contributed by atoms with Gasteiger partial charge in [0.1, 0.15) is 11.5 Å². The minimum absolute atomic E-state index is 0.127. The molecule has 0 saturated heterocycles. The second-order valence-electron chi connectivity index (χ2n) is 8.40. The molecule has 34 heavy (non-hydrogen) atoms. The fourth-order valence-electron chi connectivity index (χ4n) is 4.30. The number of aliphatic carboxylic acids is 1. The van der Waals surface area contributed by atoms with Crippen molar-refractivity contribution in [2.75, 3.05) is 19.8 Å². The second-order valence-corrected chi connectivity index (χ2v) is 8.40. The van der Waals surface area contributed by atoms with Gasteiger partial charge in [0.15, 0.2) is 5.82 Å². The Morgan fingerprint density at radius 2 is 1.94 bits per heavy atom. The lowest BCUT2D eigenvalue weighted by molar-refractivity contribution is -0.137. The smallest absolute Gasteiger partial charge is 0.303 e. The van der Waals surface area contributed by atoms with E-state index in [0.29, 0.717) is 25.6 Å². The van der Waals surface area contributed by atoms with Gasteiger partial charge in [-0.2, -0.15) is 0 Å². The van der Waals surface area contributed by atoms with Crippen LogP contribution in [0.25, 0.3) is 11.4 Å². The zero-order chi connectivity index (χ0) is 23.8. The summed E-state index contributed by atoms with van der Waals surface area (Å²) in [5, 5.41) is 12.5. The summed E-state index contributed by atoms with van der Waals surface area (Å²) in [6.45, 7) is 4.70. The van der Waals surface area contributed by atoms with Crippen molar-refractivity contribution in [1.29, 1.82) is 0 Å². The van der Waals surface area contributed by atoms with E-state index in [1.165, 1.54) is 5.56 Å². The highest BCUT2D eigenvalue weighted by Gasteiger charge is 2.24. The van der Waals surface area contributed by atoms with Crippen molar-refractivity contribution in [2.45, 2.75) is 45.1 Å². The van der Waals surface area contributed by atoms with Gasteiger partial charge in [0.2, 0.25) is 0 Å². The molecule has 0 fully saturated rings. The maximum atomic E-state index is 11.0. The lowest BCUT2D eigenvalue weighted by Gasteiger charge is -2.11. The van der Waals surface area contributed by atoms with E-state index in [0.717, 1.165) is 54.1 Å². The highest BCUT2D eigenvalue weighted by molar-refractivity contribution is 5.68. The fraction of sp³-hybridized carbons (Fsp3) is 0.370. The molecular weight excluding hydrogens is 430 g/mol. The highest BCUT2D eigenvalue weighted by atomic mass is 16.5. The quantitative estimate of drug-likeness (QED) is 0.381. The number of carbonyl (C=O) groups is 1. The molecule has 0 spiro atoms. The van der Waals surface area contributed by atoms with Crippen molar-refractivity contribution in [3.8, 4) is 22.9 Å². The number of carboxylic acids is 1. The molecule has 0 saturated carbocycles. The molecule has 0 unspecified atom stereocenters. The van der Waals surface area contributed by atoms with Crippen LogP contribution in [0.2, 0.25) is 0 Å². The molecule has 4 rings (SSSR count). The number of rotatable bonds is 12. The van der Waals surface area contributed by atoms with Gasteiger partial charge in [0, 0.05) is 18.3 Å². The molecule has 1 aliphatic carbocycles. The van der Waals surface area contributed by atoms with Gasteiger partial charge in [0.25, 0.3) is 0 Å². The summed E-state index contributed by atoms with van der Waals surface area (Å²) in [6.07, 6.45) is 4.68. The molecule has 178 valence electrons. The third-order valence-electron chi connectivity index (χ3n) is 5.95. The number of hydrogen-bond acceptors (Lipinski definition) is 6. The topological polar surface area (TPSA) is 93.6 Å². The van der Waals surface area contributed by atoms with Crippen LogP contribution < -0.4 is 14.8 Å². The van der Waals surface area contributed by atoms with Gasteiger partial charge in [-0.05, 0) is 92.2 Å². The van der Waals surface area contributed by atoms with Crippen LogP contribution in [0.15, 0.2) is 54.7 Å². The Labute approximate surface area is 200 Å². The van der Waals surface area contributed by atoms with Crippen LogP contribution in [-0.4, -0.2) is 40.8 Å². The molecule has 0 aliphatic heterocycles. The predicted octanol–water partition coefficient (Wildman–Crippen LogP) is 4.61. The molecular formula is C27H31N3O4. The summed E-state index contributed by atoms with van der Waals surface area (Å²) in [7, 11) is 0. The average Bonchev–Trinajstić information content (AvgIpc) is 3.23. The van der Waals surface area contributed by atoms with Crippen molar-refractivity contribution >= 4 is 5.97 Å². The first-order valence-corrected chi connectivity index (χ1v) is 11.9. The van der Waals surface area contributed by atoms with Crippen molar-refractivity contribution in [3.05, 3.63) is 71.5 Å². The molecule has 2 N–H and O–H groups in total. The summed E-state index contributed by atoms with van der Waals surface area (Å²) < 4.78 is 11.4. The number of hydrogen-bond donors (Lipinski definition) is 2. The summed E-state index contributed by atoms with van der Waals surface area (Å²) >= 11 is 0. The highest BCUT2D eigenvalue weighted by Crippen LogP contribution is 2.37. The number of ether oxygens (including phenoxy) is 2. The largest absolute Gasteiger partial charge is 0.494 e. The Bertz CT molecular complexity index is 1100. The van der Waals surface area contributed by atoms with Crippen molar-refractivity contribution in [2.24, 2.45) is 0 Å². The summed E-state index contributed by atoms with van der Waals surface area (Å²) in [4.78, 5) is 20.1. The van der Waals surface area contributed by atoms with E-state index in [1.54, 1.807) is 6.20 Å². The number of fused-ring (bicyclic) bond motifs is 1. The van der Waals surface area contributed by atoms with Crippen molar-refractivity contribution < 1.29 is 19.4 Å². The van der Waals surface area contributed by atoms with Crippen LogP contribution in [-0.2, 0) is 17.8 Å². The van der Waals surface area contributed by atoms with Crippen LogP contribution in [0.3, 0.4) is 0 Å². The van der Waals surface area contributed by atoms with Gasteiger partial charge in [-0.3, -0.25) is 4.79 Å². The van der Waals surface area contributed by atoms with Crippen LogP contribution in [0, 0.1) is 0 Å². The van der Waals surface area contributed by atoms with Gasteiger partial charge in [-0.1, -0.05) is 6.07 Å². The second kappa shape index (κ2) is 11.6. The standard InChI is InChI=1S/C27H31N3O4/c1-2-33-23-8-6-19(7-9-23)27-29-14-12-22(30-27)18-28-13-3-15-34-24-10-11-25-20(16-24)4-5-21(25)17-26(31)32/h6-12,14,16,21,28H,2-5,13,15,17-18H2,1H3,(H,31,32)/t21-/m0/s1. The van der Waals surface area contributed by atoms with E-state index in [-0.39, 0.29) is 12.3 Å². The monoisotopic (exact) mass is 461 g/mol. The molecule has 7 nitrogen and oxygen atoms in total. The minimum atomic E-state index is -0.736. The number of carboxylic acid groups (broad SMARTS) is 1. The van der Waals surface area contributed by atoms with E-state index in [9.17, 15) is 4.79 Å². The Kier molecular flexibility index (Phi) is 8.09. The maximum Gasteiger partial charge on any atom is 0.303 e. The number of aromatic nitrogens is 2. The maximum absolute atomic E-state index is 11.0. The summed E-state index contributed by atoms with van der Waals surface area (Å²) in [6, 6.07) is 15.8. The SMILES string of the molecule is CCOc1ccc(-c2nccc(CNCCCOc3ccc4c(c3)CC[C@H]4CC(=O)O)n2)cc1. The van der Waals surface area contributed by atoms with Crippen molar-refractivity contribution in [3.63, 3.8) is 0 Å². The van der Waals surface area contributed by atoms with E-state index in [1.807, 2.05) is 49.4 Å². The number of benzene rings is 2. The van der Waals surface area contributed by atoms with Gasteiger partial charge in [-0.25, -0.2) is 9.97 Å². The predicted molar refractivity (Wildman–Crippen MR) is 130 cm³/mol. The third-order valence-corrected chi connectivity index (χ3v) is 5.95. The molecule has 0 radical (unpaired) electrons. The van der Waals surface area contributed by atoms with Crippen LogP contribution in [0.5, 0.6) is 11.5 Å². The zero-order valence-corrected chi connectivity index (χ0v) is 19.5. The third kappa shape index (κ3) is 6.32. The molecule has 1 heterocycles. The molecule has 3 aromatic rings. The number of nitrogens with one attached hydrogen (secondary N) is 1. The van der Waals surface area contributed by atoms with Crippen LogP contribution in [0.1, 0.15) is 48.9 Å². The average molecular weight is 462 g/mol. The van der Waals surface area contributed by atoms with Crippen molar-refractivity contribution in [1.82, 2.24) is 15.3 Å². The van der Waals surface area contributed by atoms with E-state index < -0.39 is 5.97 Å². The fourth-order valence-corrected chi connectivity index (χ4v) is 4.30. The van der Waals surface area contributed by atoms with Gasteiger partial charge < -0.3 is 19.9 Å². The Balaban J connectivity index is 1.19. The Morgan fingerprint density at radius 3 is 2.74 bits per heavy atom. The first kappa shape index (κ1) is 23.7. The van der Waals surface area contributed by atoms with Gasteiger partial charge in [0.05, 0.1) is 25.3 Å². The van der Waals surface area contributed by atoms with E-state index in [2.05, 4.69) is 21.4 Å². The molecule has 0 amide bonds. The lowest BCUT2D eigenvalue weighted by atomic mass is 9.98. The number of aryl methyl sites for hydroxylation is 1. The number of nitrogens with zero attached hydrogens (tertiary/aromatic N) is 2. The van der Waals surface area contributed by atoms with Crippen LogP contribution in [0.4, 0.5) is 0 Å². The molecule has 2 aromatic carbocycles. The molecule has 0 bridgehead atoms. The molecule has 7 heteroatoms. The minimum Gasteiger partial charge on any atom is -0.494 e. The van der Waals surface area contributed by atoms with Gasteiger partial charge in [-0.15, -0.1) is 0 Å². The normalized spacial score (nSPS) is 14.6. The first-order valence-electron chi connectivity index (χ1n) is 11.9. The van der Waals surface area contributed by atoms with Crippen LogP contribution >= 0.6 is 0 Å². The molecule has 1 aliphatic rings.